The molecule has 0 aromatic heterocycles. The van der Waals surface area contributed by atoms with Crippen LogP contribution in [0.5, 0.6) is 0 Å². The number of nitrogens with one attached hydrogen (secondary N) is 1. The minimum atomic E-state index is -0.519. The highest BCUT2D eigenvalue weighted by Crippen LogP contribution is 2.42. The summed E-state index contributed by atoms with van der Waals surface area (Å²) < 4.78 is 13.7. The molecule has 2 saturated heterocycles. The van der Waals surface area contributed by atoms with Crippen molar-refractivity contribution < 1.29 is 14.0 Å². The summed E-state index contributed by atoms with van der Waals surface area (Å²) >= 11 is 1.52. The van der Waals surface area contributed by atoms with Gasteiger partial charge in [0.05, 0.1) is 0 Å². The molecule has 1 N–H and O–H groups in total. The number of benzene rings is 1. The van der Waals surface area contributed by atoms with Gasteiger partial charge >= 0.3 is 0 Å². The number of likely N-dealkylation sites (tertiary alicyclic amines) is 1. The fraction of sp³-hybridized carbons (Fsp3) is 0.619. The smallest absolute Gasteiger partial charge is 0.243 e. The molecule has 0 bridgehead atoms. The van der Waals surface area contributed by atoms with Crippen LogP contribution < -0.4 is 5.32 Å². The number of hydrogen-bond donors (Lipinski definition) is 1. The summed E-state index contributed by atoms with van der Waals surface area (Å²) in [6, 6.07) is 5.79. The number of amides is 2. The average Bonchev–Trinajstić information content (AvgIpc) is 3.13. The van der Waals surface area contributed by atoms with Crippen molar-refractivity contribution in [1.82, 2.24) is 15.1 Å². The van der Waals surface area contributed by atoms with Crippen molar-refractivity contribution >= 4 is 23.6 Å². The molecule has 5 nitrogen and oxygen atoms in total. The molecule has 1 aromatic rings. The lowest BCUT2D eigenvalue weighted by molar-refractivity contribution is -0.142. The molecule has 0 saturated carbocycles. The predicted molar refractivity (Wildman–Crippen MR) is 110 cm³/mol. The maximum absolute atomic E-state index is 13.7. The largest absolute Gasteiger partial charge is 0.353 e. The van der Waals surface area contributed by atoms with Gasteiger partial charge in [-0.2, -0.15) is 0 Å². The number of halogens is 1. The molecular weight excluding hydrogens is 377 g/mol. The molecule has 0 spiro atoms. The molecule has 2 heterocycles. The molecule has 0 aliphatic carbocycles. The van der Waals surface area contributed by atoms with Crippen LogP contribution in [0, 0.1) is 11.7 Å². The molecule has 154 valence electrons. The zero-order valence-electron chi connectivity index (χ0n) is 16.7. The molecule has 28 heavy (non-hydrogen) atoms. The summed E-state index contributed by atoms with van der Waals surface area (Å²) in [5.41, 5.74) is 0.725. The van der Waals surface area contributed by atoms with Gasteiger partial charge in [0.15, 0.2) is 0 Å². The highest BCUT2D eigenvalue weighted by molar-refractivity contribution is 7.99. The summed E-state index contributed by atoms with van der Waals surface area (Å²) in [7, 11) is 0. The van der Waals surface area contributed by atoms with Gasteiger partial charge < -0.3 is 15.1 Å². The normalized spacial score (nSPS) is 23.2. The number of carbonyl (C=O) groups excluding carboxylic acids is 2. The van der Waals surface area contributed by atoms with E-state index in [-0.39, 0.29) is 28.9 Å². The second kappa shape index (κ2) is 9.74. The van der Waals surface area contributed by atoms with E-state index >= 15 is 0 Å². The van der Waals surface area contributed by atoms with Crippen molar-refractivity contribution in [1.29, 1.82) is 0 Å². The van der Waals surface area contributed by atoms with E-state index in [4.69, 9.17) is 0 Å². The van der Waals surface area contributed by atoms with E-state index in [1.165, 1.54) is 43.2 Å². The van der Waals surface area contributed by atoms with E-state index in [2.05, 4.69) is 10.2 Å². The first-order chi connectivity index (χ1) is 13.5. The number of piperidine rings is 1. The van der Waals surface area contributed by atoms with Crippen LogP contribution in [0.4, 0.5) is 4.39 Å². The molecule has 1 aromatic carbocycles. The third-order valence-electron chi connectivity index (χ3n) is 5.36. The van der Waals surface area contributed by atoms with Crippen molar-refractivity contribution in [3.63, 3.8) is 0 Å². The van der Waals surface area contributed by atoms with Crippen molar-refractivity contribution in [2.45, 2.75) is 44.5 Å². The zero-order valence-corrected chi connectivity index (χ0v) is 17.5. The van der Waals surface area contributed by atoms with Crippen LogP contribution in [-0.4, -0.2) is 59.6 Å². The molecule has 2 aliphatic rings. The highest BCUT2D eigenvalue weighted by atomic mass is 32.2. The lowest BCUT2D eigenvalue weighted by Gasteiger charge is -2.31. The van der Waals surface area contributed by atoms with Crippen LogP contribution in [0.3, 0.4) is 0 Å². The van der Waals surface area contributed by atoms with Gasteiger partial charge in [0.2, 0.25) is 11.8 Å². The van der Waals surface area contributed by atoms with Crippen LogP contribution >= 0.6 is 11.8 Å². The van der Waals surface area contributed by atoms with Crippen molar-refractivity contribution in [3.05, 3.63) is 35.6 Å². The van der Waals surface area contributed by atoms with Crippen LogP contribution in [0.25, 0.3) is 0 Å². The van der Waals surface area contributed by atoms with Gasteiger partial charge in [0.1, 0.15) is 17.2 Å². The van der Waals surface area contributed by atoms with E-state index < -0.39 is 6.04 Å². The molecule has 7 heteroatoms. The Kier molecular flexibility index (Phi) is 7.35. The van der Waals surface area contributed by atoms with E-state index in [1.54, 1.807) is 11.0 Å². The quantitative estimate of drug-likeness (QED) is 0.788. The van der Waals surface area contributed by atoms with Gasteiger partial charge in [0, 0.05) is 24.8 Å². The second-order valence-electron chi connectivity index (χ2n) is 7.85. The number of nitrogens with zero attached hydrogens (tertiary/aromatic N) is 2. The maximum atomic E-state index is 13.7. The molecule has 2 unspecified atom stereocenters. The minimum Gasteiger partial charge on any atom is -0.353 e. The Bertz CT molecular complexity index is 694. The zero-order chi connectivity index (χ0) is 20.1. The van der Waals surface area contributed by atoms with Crippen molar-refractivity contribution in [2.75, 3.05) is 31.9 Å². The monoisotopic (exact) mass is 407 g/mol. The highest BCUT2D eigenvalue weighted by Gasteiger charge is 2.42. The first-order valence-corrected chi connectivity index (χ1v) is 11.2. The average molecular weight is 408 g/mol. The molecular formula is C21H30FN3O2S. The van der Waals surface area contributed by atoms with E-state index in [0.717, 1.165) is 25.2 Å². The van der Waals surface area contributed by atoms with Gasteiger partial charge in [-0.1, -0.05) is 32.4 Å². The van der Waals surface area contributed by atoms with Crippen molar-refractivity contribution in [3.8, 4) is 0 Å². The topological polar surface area (TPSA) is 52.7 Å². The van der Waals surface area contributed by atoms with Gasteiger partial charge in [-0.25, -0.2) is 4.39 Å². The summed E-state index contributed by atoms with van der Waals surface area (Å²) in [5, 5.41) is 2.69. The SMILES string of the molecule is CC(C)C(=O)N1C(C(=O)NCCN2CCCCC2)CSC1c1cccc(F)c1. The molecule has 2 fully saturated rings. The molecule has 2 atom stereocenters. The Labute approximate surface area is 171 Å². The number of thioether (sulfide) groups is 1. The molecule has 2 aliphatic heterocycles. The Balaban J connectivity index is 1.66. The summed E-state index contributed by atoms with van der Waals surface area (Å²) in [5.74, 6) is -0.217. The lowest BCUT2D eigenvalue weighted by atomic mass is 10.1. The van der Waals surface area contributed by atoms with E-state index in [0.29, 0.717) is 12.3 Å². The summed E-state index contributed by atoms with van der Waals surface area (Å²) in [6.45, 7) is 7.29. The fourth-order valence-corrected chi connectivity index (χ4v) is 5.26. The number of rotatable bonds is 6. The van der Waals surface area contributed by atoms with Gasteiger partial charge in [-0.05, 0) is 43.6 Å². The predicted octanol–water partition coefficient (Wildman–Crippen LogP) is 3.03. The Morgan fingerprint density at radius 2 is 2.00 bits per heavy atom. The van der Waals surface area contributed by atoms with Crippen LogP contribution in [0.2, 0.25) is 0 Å². The third kappa shape index (κ3) is 5.06. The maximum Gasteiger partial charge on any atom is 0.243 e. The first kappa shape index (κ1) is 21.1. The Hall–Kier alpha value is -1.60. The van der Waals surface area contributed by atoms with Crippen molar-refractivity contribution in [2.24, 2.45) is 5.92 Å². The van der Waals surface area contributed by atoms with Gasteiger partial charge in [0.25, 0.3) is 0 Å². The van der Waals surface area contributed by atoms with E-state index in [9.17, 15) is 14.0 Å². The van der Waals surface area contributed by atoms with Crippen LogP contribution in [0.1, 0.15) is 44.0 Å². The minimum absolute atomic E-state index is 0.0737. The van der Waals surface area contributed by atoms with Crippen LogP contribution in [0.15, 0.2) is 24.3 Å². The van der Waals surface area contributed by atoms with Gasteiger partial charge in [-0.3, -0.25) is 9.59 Å². The fourth-order valence-electron chi connectivity index (χ4n) is 3.83. The van der Waals surface area contributed by atoms with Crippen LogP contribution in [-0.2, 0) is 9.59 Å². The molecule has 2 amide bonds. The number of carbonyl (C=O) groups is 2. The van der Waals surface area contributed by atoms with Gasteiger partial charge in [-0.15, -0.1) is 11.8 Å². The lowest BCUT2D eigenvalue weighted by Crippen LogP contribution is -2.50. The number of hydrogen-bond acceptors (Lipinski definition) is 4. The first-order valence-electron chi connectivity index (χ1n) is 10.2. The van der Waals surface area contributed by atoms with E-state index in [1.807, 2.05) is 19.9 Å². The Morgan fingerprint density at radius 3 is 2.68 bits per heavy atom. The Morgan fingerprint density at radius 1 is 1.25 bits per heavy atom. The third-order valence-corrected chi connectivity index (χ3v) is 6.68. The summed E-state index contributed by atoms with van der Waals surface area (Å²) in [6.07, 6.45) is 3.73. The molecule has 3 rings (SSSR count). The standard InChI is InChI=1S/C21H30FN3O2S/c1-15(2)20(27)25-18(14-28-21(25)16-7-6-8-17(22)13-16)19(26)23-9-12-24-10-4-3-5-11-24/h6-8,13,15,18,21H,3-5,9-12,14H2,1-2H3,(H,23,26). The second-order valence-corrected chi connectivity index (χ2v) is 8.96. The molecule has 0 radical (unpaired) electrons. The summed E-state index contributed by atoms with van der Waals surface area (Å²) in [4.78, 5) is 29.8.